The number of aromatic nitrogens is 2. The molecule has 4 heterocycles. The molecule has 1 amide bonds. The molecular formula is C21H26N4OS. The number of likely N-dealkylation sites (N-methyl/N-ethyl adjacent to an activating group) is 1. The Labute approximate surface area is 164 Å². The second kappa shape index (κ2) is 6.67. The fraction of sp³-hybridized carbons (Fsp3) is 0.524. The van der Waals surface area contributed by atoms with Crippen LogP contribution < -0.4 is 0 Å². The van der Waals surface area contributed by atoms with E-state index in [9.17, 15) is 4.79 Å². The maximum Gasteiger partial charge on any atom is 0.236 e. The summed E-state index contributed by atoms with van der Waals surface area (Å²) in [5.74, 6) is 0.312. The summed E-state index contributed by atoms with van der Waals surface area (Å²) in [6, 6.07) is 8.42. The van der Waals surface area contributed by atoms with Crippen molar-refractivity contribution in [2.75, 3.05) is 26.2 Å². The Morgan fingerprint density at radius 2 is 2.11 bits per heavy atom. The number of H-pyrrole nitrogens is 1. The zero-order valence-corrected chi connectivity index (χ0v) is 16.6. The summed E-state index contributed by atoms with van der Waals surface area (Å²) in [6.45, 7) is 6.01. The normalized spacial score (nSPS) is 24.0. The first kappa shape index (κ1) is 17.3. The Morgan fingerprint density at radius 1 is 1.30 bits per heavy atom. The van der Waals surface area contributed by atoms with Crippen LogP contribution in [0, 0.1) is 0 Å². The molecule has 27 heavy (non-hydrogen) atoms. The van der Waals surface area contributed by atoms with Gasteiger partial charge >= 0.3 is 0 Å². The highest BCUT2D eigenvalue weighted by atomic mass is 32.2. The summed E-state index contributed by atoms with van der Waals surface area (Å²) in [4.78, 5) is 27.2. The zero-order chi connectivity index (χ0) is 18.4. The van der Waals surface area contributed by atoms with Crippen LogP contribution in [-0.4, -0.2) is 57.1 Å². The Balaban J connectivity index is 1.31. The van der Waals surface area contributed by atoms with Crippen molar-refractivity contribution in [3.8, 4) is 0 Å². The van der Waals surface area contributed by atoms with E-state index in [0.29, 0.717) is 5.91 Å². The molecule has 0 bridgehead atoms. The predicted octanol–water partition coefficient (Wildman–Crippen LogP) is 2.82. The largest absolute Gasteiger partial charge is 0.348 e. The van der Waals surface area contributed by atoms with Gasteiger partial charge in [-0.2, -0.15) is 0 Å². The first-order valence-corrected chi connectivity index (χ1v) is 10.9. The second-order valence-corrected chi connectivity index (χ2v) is 9.08. The zero-order valence-electron chi connectivity index (χ0n) is 15.8. The van der Waals surface area contributed by atoms with Crippen LogP contribution in [0.1, 0.15) is 36.7 Å². The molecule has 1 aromatic carbocycles. The minimum Gasteiger partial charge on any atom is -0.348 e. The number of carbonyl (C=O) groups excluding carboxylic acids is 1. The topological polar surface area (TPSA) is 52.2 Å². The number of nitrogens with zero attached hydrogens (tertiary/aromatic N) is 3. The number of likely N-dealkylation sites (tertiary alicyclic amines) is 1. The third kappa shape index (κ3) is 2.72. The molecule has 1 fully saturated rings. The number of thioether (sulfide) groups is 1. The van der Waals surface area contributed by atoms with Gasteiger partial charge in [0, 0.05) is 36.6 Å². The molecule has 2 aromatic rings. The van der Waals surface area contributed by atoms with Gasteiger partial charge in [-0.25, -0.2) is 4.98 Å². The fourth-order valence-corrected chi connectivity index (χ4v) is 6.44. The highest BCUT2D eigenvalue weighted by Gasteiger charge is 2.47. The Hall–Kier alpha value is -1.79. The van der Waals surface area contributed by atoms with Gasteiger partial charge in [-0.05, 0) is 37.4 Å². The van der Waals surface area contributed by atoms with Gasteiger partial charge in [-0.3, -0.25) is 9.69 Å². The van der Waals surface area contributed by atoms with Gasteiger partial charge in [-0.15, -0.1) is 11.8 Å². The Morgan fingerprint density at radius 3 is 2.89 bits per heavy atom. The molecule has 5 rings (SSSR count). The molecule has 6 heteroatoms. The lowest BCUT2D eigenvalue weighted by Gasteiger charge is -2.50. The third-order valence-electron chi connectivity index (χ3n) is 6.60. The van der Waals surface area contributed by atoms with Crippen LogP contribution in [0.25, 0.3) is 0 Å². The maximum absolute atomic E-state index is 13.2. The van der Waals surface area contributed by atoms with Gasteiger partial charge in [-0.1, -0.05) is 25.1 Å². The molecule has 0 aliphatic carbocycles. The predicted molar refractivity (Wildman–Crippen MR) is 107 cm³/mol. The molecule has 3 aliphatic rings. The van der Waals surface area contributed by atoms with E-state index in [4.69, 9.17) is 4.98 Å². The molecule has 1 saturated heterocycles. The van der Waals surface area contributed by atoms with E-state index >= 15 is 0 Å². The number of piperidine rings is 1. The summed E-state index contributed by atoms with van der Waals surface area (Å²) >= 11 is 1.74. The van der Waals surface area contributed by atoms with Crippen LogP contribution in [0.15, 0.2) is 35.5 Å². The van der Waals surface area contributed by atoms with Crippen LogP contribution in [0.3, 0.4) is 0 Å². The summed E-state index contributed by atoms with van der Waals surface area (Å²) in [5, 5.41) is 0.0472. The standard InChI is InChI=1S/C21H26N4OS/c1-2-25-10-7-16-19(23-14-22-16)21(25)8-11-24(12-9-21)20(26)18-13-15-5-3-4-6-17(15)27-18/h3-6,14,18H,2,7-13H2,1H3,(H,22,23)/t18-/m0/s1. The van der Waals surface area contributed by atoms with Crippen LogP contribution in [0.2, 0.25) is 0 Å². The number of carbonyl (C=O) groups is 1. The molecule has 0 radical (unpaired) electrons. The molecule has 1 aromatic heterocycles. The van der Waals surface area contributed by atoms with E-state index in [1.807, 2.05) is 6.33 Å². The maximum atomic E-state index is 13.2. The fourth-order valence-electron chi connectivity index (χ4n) is 5.16. The third-order valence-corrected chi connectivity index (χ3v) is 7.91. The number of imidazole rings is 1. The lowest BCUT2D eigenvalue weighted by molar-refractivity contribution is -0.133. The van der Waals surface area contributed by atoms with Gasteiger partial charge in [0.1, 0.15) is 0 Å². The molecule has 1 atom stereocenters. The molecular weight excluding hydrogens is 356 g/mol. The van der Waals surface area contributed by atoms with Crippen LogP contribution >= 0.6 is 11.8 Å². The minimum absolute atomic E-state index is 0.00486. The Bertz CT molecular complexity index is 830. The number of nitrogens with one attached hydrogen (secondary N) is 1. The van der Waals surface area contributed by atoms with Crippen molar-refractivity contribution in [1.29, 1.82) is 0 Å². The van der Waals surface area contributed by atoms with E-state index in [0.717, 1.165) is 51.9 Å². The summed E-state index contributed by atoms with van der Waals surface area (Å²) in [5.41, 5.74) is 3.84. The molecule has 5 nitrogen and oxygen atoms in total. The molecule has 1 N–H and O–H groups in total. The number of fused-ring (bicyclic) bond motifs is 3. The summed E-state index contributed by atoms with van der Waals surface area (Å²) in [7, 11) is 0. The quantitative estimate of drug-likeness (QED) is 0.868. The molecule has 0 saturated carbocycles. The van der Waals surface area contributed by atoms with E-state index in [-0.39, 0.29) is 10.8 Å². The first-order chi connectivity index (χ1) is 13.2. The number of aromatic amines is 1. The first-order valence-electron chi connectivity index (χ1n) is 10.0. The van der Waals surface area contributed by atoms with E-state index in [2.05, 4.69) is 46.0 Å². The number of benzene rings is 1. The number of rotatable bonds is 2. The van der Waals surface area contributed by atoms with E-state index in [1.165, 1.54) is 21.8 Å². The average Bonchev–Trinajstić information content (AvgIpc) is 3.36. The Kier molecular flexibility index (Phi) is 4.28. The monoisotopic (exact) mass is 382 g/mol. The minimum atomic E-state index is 0.00486. The van der Waals surface area contributed by atoms with Gasteiger partial charge in [0.05, 0.1) is 22.8 Å². The molecule has 142 valence electrons. The lowest BCUT2D eigenvalue weighted by atomic mass is 9.78. The summed E-state index contributed by atoms with van der Waals surface area (Å²) < 4.78 is 0. The van der Waals surface area contributed by atoms with Crippen molar-refractivity contribution < 1.29 is 4.79 Å². The van der Waals surface area contributed by atoms with Crippen molar-refractivity contribution in [2.45, 2.75) is 48.3 Å². The van der Waals surface area contributed by atoms with E-state index in [1.54, 1.807) is 11.8 Å². The smallest absolute Gasteiger partial charge is 0.236 e. The second-order valence-electron chi connectivity index (χ2n) is 7.83. The van der Waals surface area contributed by atoms with Crippen LogP contribution in [-0.2, 0) is 23.2 Å². The van der Waals surface area contributed by atoms with Crippen LogP contribution in [0.5, 0.6) is 0 Å². The van der Waals surface area contributed by atoms with Gasteiger partial charge in [0.2, 0.25) is 5.91 Å². The molecule has 0 unspecified atom stereocenters. The van der Waals surface area contributed by atoms with Crippen LogP contribution in [0.4, 0.5) is 0 Å². The van der Waals surface area contributed by atoms with Gasteiger partial charge in [0.15, 0.2) is 0 Å². The van der Waals surface area contributed by atoms with Crippen molar-refractivity contribution in [3.63, 3.8) is 0 Å². The van der Waals surface area contributed by atoms with Crippen molar-refractivity contribution in [3.05, 3.63) is 47.5 Å². The molecule has 1 spiro atoms. The lowest BCUT2D eigenvalue weighted by Crippen LogP contribution is -2.57. The number of hydrogen-bond donors (Lipinski definition) is 1. The SMILES string of the molecule is CCN1CCc2[nH]cnc2C12CCN(C(=O)[C@@H]1Cc3ccccc3S1)CC2. The number of hydrogen-bond acceptors (Lipinski definition) is 4. The van der Waals surface area contributed by atoms with Gasteiger partial charge < -0.3 is 9.88 Å². The highest BCUT2D eigenvalue weighted by Crippen LogP contribution is 2.43. The summed E-state index contributed by atoms with van der Waals surface area (Å²) in [6.07, 6.45) is 5.72. The van der Waals surface area contributed by atoms with Crippen molar-refractivity contribution in [2.24, 2.45) is 0 Å². The van der Waals surface area contributed by atoms with Gasteiger partial charge in [0.25, 0.3) is 0 Å². The highest BCUT2D eigenvalue weighted by molar-refractivity contribution is 8.01. The van der Waals surface area contributed by atoms with Crippen molar-refractivity contribution in [1.82, 2.24) is 19.8 Å². The number of amides is 1. The average molecular weight is 383 g/mol. The van der Waals surface area contributed by atoms with Crippen molar-refractivity contribution >= 4 is 17.7 Å². The molecule has 3 aliphatic heterocycles. The van der Waals surface area contributed by atoms with E-state index < -0.39 is 0 Å².